The van der Waals surface area contributed by atoms with Crippen molar-refractivity contribution in [1.82, 2.24) is 0 Å². The molecule has 2 heterocycles. The van der Waals surface area contributed by atoms with Gasteiger partial charge in [0.2, 0.25) is 6.29 Å². The highest BCUT2D eigenvalue weighted by Gasteiger charge is 2.48. The fourth-order valence-electron chi connectivity index (χ4n) is 3.47. The minimum Gasteiger partial charge on any atom is -0.508 e. The summed E-state index contributed by atoms with van der Waals surface area (Å²) in [6.45, 7) is 0. The van der Waals surface area contributed by atoms with E-state index in [4.69, 9.17) is 13.9 Å². The van der Waals surface area contributed by atoms with E-state index in [-0.39, 0.29) is 28.2 Å². The average molecular weight is 460 g/mol. The van der Waals surface area contributed by atoms with Crippen molar-refractivity contribution in [1.29, 1.82) is 0 Å². The summed E-state index contributed by atoms with van der Waals surface area (Å²) in [6, 6.07) is 9.39. The van der Waals surface area contributed by atoms with E-state index in [1.54, 1.807) is 0 Å². The van der Waals surface area contributed by atoms with Gasteiger partial charge in [-0.15, -0.1) is 0 Å². The summed E-state index contributed by atoms with van der Waals surface area (Å²) in [5.74, 6) is -1.42. The molecule has 0 spiro atoms. The molecule has 11 nitrogen and oxygen atoms in total. The van der Waals surface area contributed by atoms with Crippen molar-refractivity contribution < 1.29 is 49.0 Å². The lowest BCUT2D eigenvalue weighted by atomic mass is 9.99. The van der Waals surface area contributed by atoms with Crippen molar-refractivity contribution in [2.75, 3.05) is 7.11 Å². The van der Waals surface area contributed by atoms with Crippen LogP contribution in [0.1, 0.15) is 0 Å². The summed E-state index contributed by atoms with van der Waals surface area (Å²) in [5.41, 5.74) is -0.112. The Bertz CT molecular complexity index is 1230. The molecule has 1 aromatic heterocycles. The number of hydrogen-bond donors (Lipinski definition) is 5. The van der Waals surface area contributed by atoms with Crippen LogP contribution in [0, 0.1) is 0 Å². The van der Waals surface area contributed by atoms with E-state index in [1.807, 2.05) is 0 Å². The molecule has 2 aromatic carbocycles. The number of aliphatic hydroxyl groups is 3. The molecule has 33 heavy (non-hydrogen) atoms. The Labute approximate surface area is 185 Å². The van der Waals surface area contributed by atoms with Crippen molar-refractivity contribution >= 4 is 16.9 Å². The van der Waals surface area contributed by atoms with Crippen LogP contribution in [0.3, 0.4) is 0 Å². The molecule has 11 heteroatoms. The fourth-order valence-corrected chi connectivity index (χ4v) is 3.47. The van der Waals surface area contributed by atoms with Gasteiger partial charge in [0.05, 0.1) is 7.11 Å². The third-order valence-electron chi connectivity index (χ3n) is 5.19. The summed E-state index contributed by atoms with van der Waals surface area (Å²) >= 11 is 0. The highest BCUT2D eigenvalue weighted by atomic mass is 16.7. The molecule has 0 aliphatic carbocycles. The maximum Gasteiger partial charge on any atom is 0.337 e. The highest BCUT2D eigenvalue weighted by molar-refractivity contribution is 5.86. The van der Waals surface area contributed by atoms with E-state index < -0.39 is 47.9 Å². The number of hydrogen-bond acceptors (Lipinski definition) is 11. The Hall–Kier alpha value is -3.64. The van der Waals surface area contributed by atoms with E-state index in [0.29, 0.717) is 5.56 Å². The van der Waals surface area contributed by atoms with Gasteiger partial charge in [-0.3, -0.25) is 4.79 Å². The molecule has 4 rings (SSSR count). The number of phenolic OH excluding ortho intramolecular Hbond substituents is 2. The lowest BCUT2D eigenvalue weighted by Crippen LogP contribution is -2.61. The smallest absolute Gasteiger partial charge is 0.337 e. The molecule has 1 saturated heterocycles. The highest BCUT2D eigenvalue weighted by Crippen LogP contribution is 2.33. The Morgan fingerprint density at radius 3 is 2.33 bits per heavy atom. The van der Waals surface area contributed by atoms with Gasteiger partial charge < -0.3 is 44.2 Å². The van der Waals surface area contributed by atoms with E-state index in [9.17, 15) is 35.1 Å². The van der Waals surface area contributed by atoms with Crippen LogP contribution in [0.15, 0.2) is 51.7 Å². The summed E-state index contributed by atoms with van der Waals surface area (Å²) in [6.07, 6.45) is -8.57. The third-order valence-corrected chi connectivity index (χ3v) is 5.19. The van der Waals surface area contributed by atoms with Gasteiger partial charge in [-0.25, -0.2) is 4.79 Å². The number of carbonyl (C=O) groups excluding carboxylic acids is 1. The van der Waals surface area contributed by atoms with Gasteiger partial charge in [-0.1, -0.05) is 0 Å². The maximum absolute atomic E-state index is 12.6. The van der Waals surface area contributed by atoms with Crippen LogP contribution >= 0.6 is 0 Å². The molecule has 0 unspecified atom stereocenters. The van der Waals surface area contributed by atoms with E-state index in [0.717, 1.165) is 13.2 Å². The van der Waals surface area contributed by atoms with E-state index in [1.165, 1.54) is 36.4 Å². The second kappa shape index (κ2) is 8.71. The van der Waals surface area contributed by atoms with Crippen molar-refractivity contribution in [3.63, 3.8) is 0 Å². The topological polar surface area (TPSA) is 176 Å². The molecular formula is C22H20O11. The SMILES string of the molecule is COC(=O)[C@@H]1O[C@@H](Oc2cc(O)c3c(=O)cc(-c4ccc(O)cc4)oc3c2)[C@H](O)[C@@H](O)[C@@H]1O. The molecule has 0 bridgehead atoms. The van der Waals surface area contributed by atoms with E-state index >= 15 is 0 Å². The summed E-state index contributed by atoms with van der Waals surface area (Å²) < 4.78 is 21.0. The number of carbonyl (C=O) groups is 1. The normalized spacial score (nSPS) is 25.0. The van der Waals surface area contributed by atoms with Gasteiger partial charge >= 0.3 is 5.97 Å². The first kappa shape index (κ1) is 22.6. The number of esters is 1. The fraction of sp³-hybridized carbons (Fsp3) is 0.273. The van der Waals surface area contributed by atoms with Crippen LogP contribution in [0.25, 0.3) is 22.3 Å². The molecule has 0 amide bonds. The van der Waals surface area contributed by atoms with Gasteiger partial charge in [0.15, 0.2) is 11.5 Å². The van der Waals surface area contributed by atoms with Gasteiger partial charge in [0.25, 0.3) is 0 Å². The molecule has 1 aliphatic rings. The third kappa shape index (κ3) is 4.22. The first-order valence-corrected chi connectivity index (χ1v) is 9.74. The Kier molecular flexibility index (Phi) is 5.95. The number of phenols is 2. The quantitative estimate of drug-likeness (QED) is 0.337. The van der Waals surface area contributed by atoms with Gasteiger partial charge in [-0.2, -0.15) is 0 Å². The molecule has 0 radical (unpaired) electrons. The molecular weight excluding hydrogens is 440 g/mol. The van der Waals surface area contributed by atoms with Crippen molar-refractivity contribution in [3.05, 3.63) is 52.7 Å². The van der Waals surface area contributed by atoms with Gasteiger partial charge in [-0.05, 0) is 24.3 Å². The maximum atomic E-state index is 12.6. The first-order chi connectivity index (χ1) is 15.7. The molecule has 0 saturated carbocycles. The lowest BCUT2D eigenvalue weighted by molar-refractivity contribution is -0.271. The minimum absolute atomic E-state index is 0.0267. The summed E-state index contributed by atoms with van der Waals surface area (Å²) in [4.78, 5) is 24.4. The van der Waals surface area contributed by atoms with Gasteiger partial charge in [0.1, 0.15) is 52.3 Å². The van der Waals surface area contributed by atoms with Crippen LogP contribution in [0.2, 0.25) is 0 Å². The number of methoxy groups -OCH3 is 1. The summed E-state index contributed by atoms with van der Waals surface area (Å²) in [5, 5.41) is 49.9. The molecule has 5 N–H and O–H groups in total. The zero-order chi connectivity index (χ0) is 23.9. The number of aromatic hydroxyl groups is 2. The predicted molar refractivity (Wildman–Crippen MR) is 111 cm³/mol. The molecule has 174 valence electrons. The first-order valence-electron chi connectivity index (χ1n) is 9.74. The average Bonchev–Trinajstić information content (AvgIpc) is 2.78. The Morgan fingerprint density at radius 1 is 0.970 bits per heavy atom. The largest absolute Gasteiger partial charge is 0.508 e. The van der Waals surface area contributed by atoms with Crippen LogP contribution in [0.4, 0.5) is 0 Å². The van der Waals surface area contributed by atoms with Crippen LogP contribution < -0.4 is 10.2 Å². The molecule has 1 fully saturated rings. The molecule has 5 atom stereocenters. The number of fused-ring (bicyclic) bond motifs is 1. The Balaban J connectivity index is 1.70. The van der Waals surface area contributed by atoms with Crippen molar-refractivity contribution in [2.45, 2.75) is 30.7 Å². The van der Waals surface area contributed by atoms with Crippen molar-refractivity contribution in [2.24, 2.45) is 0 Å². The van der Waals surface area contributed by atoms with Crippen LogP contribution in [-0.2, 0) is 14.3 Å². The second-order valence-electron chi connectivity index (χ2n) is 7.38. The predicted octanol–water partition coefficient (Wildman–Crippen LogP) is 0.231. The van der Waals surface area contributed by atoms with Gasteiger partial charge in [0, 0.05) is 23.8 Å². The zero-order valence-corrected chi connectivity index (χ0v) is 17.1. The number of rotatable bonds is 4. The second-order valence-corrected chi connectivity index (χ2v) is 7.38. The van der Waals surface area contributed by atoms with Crippen LogP contribution in [-0.4, -0.2) is 69.3 Å². The number of aliphatic hydroxyl groups excluding tert-OH is 3. The minimum atomic E-state index is -1.79. The monoisotopic (exact) mass is 460 g/mol. The number of ether oxygens (including phenoxy) is 3. The number of benzene rings is 2. The van der Waals surface area contributed by atoms with E-state index in [2.05, 4.69) is 4.74 Å². The van der Waals surface area contributed by atoms with Crippen molar-refractivity contribution in [3.8, 4) is 28.6 Å². The zero-order valence-electron chi connectivity index (χ0n) is 17.1. The lowest BCUT2D eigenvalue weighted by Gasteiger charge is -2.38. The standard InChI is InChI=1S/C22H20O11/c1-30-21(29)20-18(27)17(26)19(28)22(33-20)31-11-6-12(24)16-13(25)8-14(32-15(16)7-11)9-2-4-10(23)5-3-9/h2-8,17-20,22-24,26-28H,1H3/t17-,18-,19+,20+,22+/m0/s1. The van der Waals surface area contributed by atoms with Crippen LogP contribution in [0.5, 0.6) is 17.2 Å². The molecule has 3 aromatic rings. The summed E-state index contributed by atoms with van der Waals surface area (Å²) in [7, 11) is 1.06. The molecule has 1 aliphatic heterocycles. The Morgan fingerprint density at radius 2 is 1.67 bits per heavy atom.